The highest BCUT2D eigenvalue weighted by atomic mass is 19.1. The van der Waals surface area contributed by atoms with Crippen LogP contribution >= 0.6 is 0 Å². The van der Waals surface area contributed by atoms with E-state index in [1.54, 1.807) is 13.2 Å². The van der Waals surface area contributed by atoms with E-state index in [2.05, 4.69) is 20.6 Å². The Morgan fingerprint density at radius 3 is 3.00 bits per heavy atom. The van der Waals surface area contributed by atoms with E-state index in [1.165, 1.54) is 6.20 Å². The third kappa shape index (κ3) is 5.04. The second kappa shape index (κ2) is 10.1. The number of para-hydroxylation sites is 1. The Bertz CT molecular complexity index is 1230. The summed E-state index contributed by atoms with van der Waals surface area (Å²) in [4.78, 5) is 20.2. The maximum atomic E-state index is 14.7. The van der Waals surface area contributed by atoms with E-state index >= 15 is 0 Å². The van der Waals surface area contributed by atoms with E-state index in [0.29, 0.717) is 53.4 Å². The fraction of sp³-hybridized carbons (Fsp3) is 0.400. The number of anilines is 1. The number of pyridine rings is 2. The number of methoxy groups -OCH3 is 1. The van der Waals surface area contributed by atoms with Crippen LogP contribution in [0.15, 0.2) is 36.5 Å². The Hall–Kier alpha value is -3.34. The molecule has 0 saturated carbocycles. The maximum absolute atomic E-state index is 14.7. The maximum Gasteiger partial charge on any atom is 0.263 e. The molecular weight excluding hydrogens is 453 g/mol. The topological polar surface area (TPSA) is 121 Å². The summed E-state index contributed by atoms with van der Waals surface area (Å²) in [5.41, 5.74) is 8.42. The van der Waals surface area contributed by atoms with Gasteiger partial charge in [0.25, 0.3) is 5.91 Å². The zero-order valence-corrected chi connectivity index (χ0v) is 19.4. The zero-order valence-electron chi connectivity index (χ0n) is 19.4. The van der Waals surface area contributed by atoms with Crippen LogP contribution in [0.1, 0.15) is 24.1 Å². The van der Waals surface area contributed by atoms with E-state index < -0.39 is 0 Å². The third-order valence-corrected chi connectivity index (χ3v) is 6.47. The first kappa shape index (κ1) is 23.4. The number of rotatable bonds is 7. The van der Waals surface area contributed by atoms with Crippen molar-refractivity contribution in [1.29, 1.82) is 0 Å². The molecular formula is C25H28FN5O4. The van der Waals surface area contributed by atoms with Gasteiger partial charge in [-0.25, -0.2) is 14.4 Å². The van der Waals surface area contributed by atoms with Gasteiger partial charge in [-0.2, -0.15) is 0 Å². The highest BCUT2D eigenvalue weighted by molar-refractivity contribution is 5.94. The lowest BCUT2D eigenvalue weighted by Crippen LogP contribution is -2.47. The van der Waals surface area contributed by atoms with Gasteiger partial charge in [-0.15, -0.1) is 0 Å². The fourth-order valence-electron chi connectivity index (χ4n) is 4.59. The minimum atomic E-state index is -0.379. The van der Waals surface area contributed by atoms with Gasteiger partial charge in [0.05, 0.1) is 31.7 Å². The first-order valence-corrected chi connectivity index (χ1v) is 11.6. The van der Waals surface area contributed by atoms with Crippen LogP contribution in [0, 0.1) is 5.82 Å². The molecule has 5 rings (SSSR count). The molecule has 0 unspecified atom stereocenters. The van der Waals surface area contributed by atoms with Crippen molar-refractivity contribution in [2.24, 2.45) is 5.73 Å². The molecule has 1 saturated heterocycles. The van der Waals surface area contributed by atoms with Crippen LogP contribution in [0.4, 0.5) is 10.2 Å². The summed E-state index contributed by atoms with van der Waals surface area (Å²) in [7, 11) is 1.57. The molecule has 0 bridgehead atoms. The molecule has 10 heteroatoms. The summed E-state index contributed by atoms with van der Waals surface area (Å²) in [6.45, 7) is 1.04. The first-order chi connectivity index (χ1) is 17.0. The lowest BCUT2D eigenvalue weighted by atomic mass is 9.93. The van der Waals surface area contributed by atoms with Gasteiger partial charge >= 0.3 is 0 Å². The quantitative estimate of drug-likeness (QED) is 0.470. The number of nitrogens with two attached hydrogens (primary N) is 1. The number of carbonyl (C=O) groups excluding carboxylic acids is 1. The normalized spacial score (nSPS) is 20.6. The summed E-state index contributed by atoms with van der Waals surface area (Å²) < 4.78 is 31.5. The molecule has 2 aliphatic heterocycles. The van der Waals surface area contributed by atoms with Gasteiger partial charge in [0.2, 0.25) is 0 Å². The number of ether oxygens (including phenoxy) is 3. The molecule has 184 valence electrons. The van der Waals surface area contributed by atoms with E-state index in [1.807, 2.05) is 24.3 Å². The minimum absolute atomic E-state index is 0.00715. The Balaban J connectivity index is 1.17. The Morgan fingerprint density at radius 1 is 1.31 bits per heavy atom. The molecule has 1 aromatic carbocycles. The van der Waals surface area contributed by atoms with Crippen molar-refractivity contribution in [1.82, 2.24) is 15.3 Å². The van der Waals surface area contributed by atoms with Crippen LogP contribution in [0.2, 0.25) is 0 Å². The van der Waals surface area contributed by atoms with E-state index in [9.17, 15) is 9.18 Å². The lowest BCUT2D eigenvalue weighted by molar-refractivity contribution is -0.118. The average Bonchev–Trinajstić information content (AvgIpc) is 2.88. The van der Waals surface area contributed by atoms with Crippen LogP contribution in [0.5, 0.6) is 11.5 Å². The Kier molecular flexibility index (Phi) is 6.76. The van der Waals surface area contributed by atoms with Crippen molar-refractivity contribution >= 4 is 22.6 Å². The number of hydrogen-bond acceptors (Lipinski definition) is 8. The molecule has 2 aromatic heterocycles. The van der Waals surface area contributed by atoms with Gasteiger partial charge in [0.1, 0.15) is 17.1 Å². The fourth-order valence-corrected chi connectivity index (χ4v) is 4.59. The molecule has 3 atom stereocenters. The van der Waals surface area contributed by atoms with Crippen molar-refractivity contribution in [2.45, 2.75) is 44.0 Å². The number of carbonyl (C=O) groups is 1. The molecule has 0 spiro atoms. The number of halogens is 1. The number of aromatic nitrogens is 2. The summed E-state index contributed by atoms with van der Waals surface area (Å²) in [6.07, 6.45) is 3.02. The summed E-state index contributed by atoms with van der Waals surface area (Å²) in [5, 5.41) is 6.87. The molecule has 1 fully saturated rings. The number of fused-ring (bicyclic) bond motifs is 2. The number of nitrogens with zero attached hydrogens (tertiary/aromatic N) is 2. The Morgan fingerprint density at radius 2 is 2.20 bits per heavy atom. The molecule has 4 heterocycles. The standard InChI is InChI=1S/C25H28FN5O4/c1-33-21-4-2-3-16-17(18(26)11-29-24(16)21)9-19(27)20-7-6-15(12-34-20)28-10-14-5-8-22-25(30-14)31-23(32)13-35-22/h2-5,8,11,15,19-20,28H,6-7,9-10,12-13,27H2,1H3,(H,30,31,32)/t15-,19+,20+/m1/s1. The second-order valence-electron chi connectivity index (χ2n) is 8.82. The van der Waals surface area contributed by atoms with Crippen molar-refractivity contribution in [3.05, 3.63) is 53.6 Å². The molecule has 1 amide bonds. The van der Waals surface area contributed by atoms with Crippen LogP contribution < -0.4 is 25.8 Å². The van der Waals surface area contributed by atoms with Crippen LogP contribution in [0.3, 0.4) is 0 Å². The molecule has 35 heavy (non-hydrogen) atoms. The van der Waals surface area contributed by atoms with Gasteiger partial charge in [-0.3, -0.25) is 4.79 Å². The molecule has 9 nitrogen and oxygen atoms in total. The van der Waals surface area contributed by atoms with Crippen molar-refractivity contribution in [3.63, 3.8) is 0 Å². The van der Waals surface area contributed by atoms with Crippen molar-refractivity contribution in [2.75, 3.05) is 25.6 Å². The molecule has 0 aliphatic carbocycles. The van der Waals surface area contributed by atoms with Crippen LogP contribution in [-0.2, 0) is 22.5 Å². The summed E-state index contributed by atoms with van der Waals surface area (Å²) in [6, 6.07) is 8.93. The third-order valence-electron chi connectivity index (χ3n) is 6.47. The molecule has 0 radical (unpaired) electrons. The van der Waals surface area contributed by atoms with E-state index in [4.69, 9.17) is 19.9 Å². The van der Waals surface area contributed by atoms with Gasteiger partial charge < -0.3 is 30.6 Å². The predicted molar refractivity (Wildman–Crippen MR) is 128 cm³/mol. The smallest absolute Gasteiger partial charge is 0.263 e. The highest BCUT2D eigenvalue weighted by Crippen LogP contribution is 2.29. The molecule has 4 N–H and O–H groups in total. The summed E-state index contributed by atoms with van der Waals surface area (Å²) >= 11 is 0. The summed E-state index contributed by atoms with van der Waals surface area (Å²) in [5.74, 6) is 1.03. The van der Waals surface area contributed by atoms with Crippen molar-refractivity contribution < 1.29 is 23.4 Å². The predicted octanol–water partition coefficient (Wildman–Crippen LogP) is 2.32. The zero-order chi connectivity index (χ0) is 24.4. The van der Waals surface area contributed by atoms with Gasteiger partial charge in [0.15, 0.2) is 18.2 Å². The van der Waals surface area contributed by atoms with E-state index in [0.717, 1.165) is 18.5 Å². The van der Waals surface area contributed by atoms with Gasteiger partial charge in [-0.1, -0.05) is 12.1 Å². The second-order valence-corrected chi connectivity index (χ2v) is 8.82. The molecule has 3 aromatic rings. The van der Waals surface area contributed by atoms with Crippen LogP contribution in [-0.4, -0.2) is 54.4 Å². The minimum Gasteiger partial charge on any atom is -0.494 e. The lowest BCUT2D eigenvalue weighted by Gasteiger charge is -2.33. The van der Waals surface area contributed by atoms with Crippen LogP contribution in [0.25, 0.3) is 10.9 Å². The van der Waals surface area contributed by atoms with Gasteiger partial charge in [0, 0.05) is 29.6 Å². The SMILES string of the molecule is COc1cccc2c(C[C@H](N)[C@@H]3CC[C@@H](NCc4ccc5c(n4)NC(=O)CO5)CO3)c(F)cnc12. The van der Waals surface area contributed by atoms with Crippen molar-refractivity contribution in [3.8, 4) is 11.5 Å². The number of nitrogens with one attached hydrogen (secondary N) is 2. The largest absolute Gasteiger partial charge is 0.494 e. The Labute approximate surface area is 202 Å². The number of hydrogen-bond donors (Lipinski definition) is 3. The number of amides is 1. The first-order valence-electron chi connectivity index (χ1n) is 11.6. The van der Waals surface area contributed by atoms with E-state index in [-0.39, 0.29) is 36.5 Å². The molecule has 2 aliphatic rings. The number of benzene rings is 1. The van der Waals surface area contributed by atoms with Gasteiger partial charge in [-0.05, 0) is 37.5 Å². The average molecular weight is 482 g/mol. The monoisotopic (exact) mass is 481 g/mol. The highest BCUT2D eigenvalue weighted by Gasteiger charge is 2.28.